The number of hydrogen-bond acceptors (Lipinski definition) is 2. The van der Waals surface area contributed by atoms with Gasteiger partial charge in [0.25, 0.3) is 0 Å². The second-order valence-corrected chi connectivity index (χ2v) is 7.08. The predicted octanol–water partition coefficient (Wildman–Crippen LogP) is 4.97. The van der Waals surface area contributed by atoms with Crippen molar-refractivity contribution in [1.29, 1.82) is 0 Å². The van der Waals surface area contributed by atoms with E-state index in [0.29, 0.717) is 6.54 Å². The summed E-state index contributed by atoms with van der Waals surface area (Å²) in [6.45, 7) is 9.16. The van der Waals surface area contributed by atoms with E-state index in [2.05, 4.69) is 31.2 Å². The summed E-state index contributed by atoms with van der Waals surface area (Å²) >= 11 is 0. The van der Waals surface area contributed by atoms with Crippen molar-refractivity contribution >= 4 is 6.09 Å². The zero-order chi connectivity index (χ0) is 17.6. The van der Waals surface area contributed by atoms with Crippen molar-refractivity contribution < 1.29 is 9.53 Å². The van der Waals surface area contributed by atoms with E-state index in [4.69, 9.17) is 4.74 Å². The Balaban J connectivity index is 0.000000249. The standard InChI is InChI=1S/C14H19NO2.C7H8/c1-14(2,3)17-13(16)15-9-8-11-6-4-5-7-12(11)10-15;1-7-5-3-2-4-6-7/h4-7H,8-10H2,1-3H3;2-6H,1H3. The lowest BCUT2D eigenvalue weighted by molar-refractivity contribution is 0.0224. The second-order valence-electron chi connectivity index (χ2n) is 7.08. The average molecular weight is 325 g/mol. The molecule has 0 fully saturated rings. The second kappa shape index (κ2) is 8.00. The highest BCUT2D eigenvalue weighted by molar-refractivity contribution is 5.68. The van der Waals surface area contributed by atoms with Gasteiger partial charge >= 0.3 is 6.09 Å². The topological polar surface area (TPSA) is 29.5 Å². The molecule has 0 unspecified atom stereocenters. The molecule has 0 atom stereocenters. The maximum absolute atomic E-state index is 11.9. The quantitative estimate of drug-likeness (QED) is 0.684. The number of aryl methyl sites for hydroxylation is 1. The van der Waals surface area contributed by atoms with E-state index in [0.717, 1.165) is 13.0 Å². The van der Waals surface area contributed by atoms with Crippen LogP contribution in [0.3, 0.4) is 0 Å². The minimum absolute atomic E-state index is 0.216. The fraction of sp³-hybridized carbons (Fsp3) is 0.381. The summed E-state index contributed by atoms with van der Waals surface area (Å²) in [5, 5.41) is 0. The van der Waals surface area contributed by atoms with Crippen LogP contribution < -0.4 is 0 Å². The lowest BCUT2D eigenvalue weighted by atomic mass is 10.0. The molecule has 1 aliphatic heterocycles. The first-order valence-corrected chi connectivity index (χ1v) is 8.41. The maximum Gasteiger partial charge on any atom is 0.410 e. The fourth-order valence-corrected chi connectivity index (χ4v) is 2.51. The summed E-state index contributed by atoms with van der Waals surface area (Å²) < 4.78 is 5.38. The summed E-state index contributed by atoms with van der Waals surface area (Å²) in [7, 11) is 0. The van der Waals surface area contributed by atoms with Crippen LogP contribution in [0.4, 0.5) is 4.79 Å². The predicted molar refractivity (Wildman–Crippen MR) is 98.0 cm³/mol. The van der Waals surface area contributed by atoms with Gasteiger partial charge in [0.15, 0.2) is 0 Å². The van der Waals surface area contributed by atoms with Gasteiger partial charge in [-0.1, -0.05) is 60.2 Å². The minimum Gasteiger partial charge on any atom is -0.444 e. The highest BCUT2D eigenvalue weighted by Gasteiger charge is 2.25. The van der Waals surface area contributed by atoms with Gasteiger partial charge in [-0.15, -0.1) is 0 Å². The molecule has 24 heavy (non-hydrogen) atoms. The van der Waals surface area contributed by atoms with Crippen molar-refractivity contribution in [1.82, 2.24) is 4.90 Å². The molecular weight excluding hydrogens is 298 g/mol. The third-order valence-corrected chi connectivity index (χ3v) is 3.72. The van der Waals surface area contributed by atoms with E-state index in [9.17, 15) is 4.79 Å². The van der Waals surface area contributed by atoms with Gasteiger partial charge in [-0.2, -0.15) is 0 Å². The molecule has 0 bridgehead atoms. The van der Waals surface area contributed by atoms with Crippen molar-refractivity contribution in [3.05, 3.63) is 71.3 Å². The van der Waals surface area contributed by atoms with E-state index in [-0.39, 0.29) is 6.09 Å². The molecular formula is C21H27NO2. The summed E-state index contributed by atoms with van der Waals surface area (Å²) in [4.78, 5) is 13.7. The lowest BCUT2D eigenvalue weighted by Crippen LogP contribution is -2.39. The van der Waals surface area contributed by atoms with Crippen LogP contribution in [-0.2, 0) is 17.7 Å². The molecule has 2 aromatic carbocycles. The van der Waals surface area contributed by atoms with Crippen LogP contribution in [0.2, 0.25) is 0 Å². The van der Waals surface area contributed by atoms with E-state index in [1.54, 1.807) is 4.90 Å². The number of carbonyl (C=O) groups excluding carboxylic acids is 1. The molecule has 1 amide bonds. The maximum atomic E-state index is 11.9. The first kappa shape index (κ1) is 18.1. The van der Waals surface area contributed by atoms with E-state index >= 15 is 0 Å². The molecule has 0 spiro atoms. The smallest absolute Gasteiger partial charge is 0.410 e. The zero-order valence-electron chi connectivity index (χ0n) is 15.1. The molecule has 1 heterocycles. The highest BCUT2D eigenvalue weighted by Crippen LogP contribution is 2.20. The first-order valence-electron chi connectivity index (χ1n) is 8.41. The molecule has 0 radical (unpaired) electrons. The molecule has 2 aromatic rings. The van der Waals surface area contributed by atoms with Gasteiger partial charge in [-0.05, 0) is 45.2 Å². The lowest BCUT2D eigenvalue weighted by Gasteiger charge is -2.31. The van der Waals surface area contributed by atoms with Crippen molar-refractivity contribution in [2.45, 2.75) is 46.3 Å². The molecule has 3 heteroatoms. The van der Waals surface area contributed by atoms with Crippen LogP contribution in [0.15, 0.2) is 54.6 Å². The number of nitrogens with zero attached hydrogens (tertiary/aromatic N) is 1. The molecule has 3 rings (SSSR count). The summed E-state index contributed by atoms with van der Waals surface area (Å²) in [5.41, 5.74) is 3.47. The van der Waals surface area contributed by atoms with Crippen molar-refractivity contribution in [2.24, 2.45) is 0 Å². The summed E-state index contributed by atoms with van der Waals surface area (Å²) in [5.74, 6) is 0. The Kier molecular flexibility index (Phi) is 6.02. The molecule has 128 valence electrons. The highest BCUT2D eigenvalue weighted by atomic mass is 16.6. The Morgan fingerprint density at radius 3 is 2.08 bits per heavy atom. The molecule has 0 aliphatic carbocycles. The van der Waals surface area contributed by atoms with Crippen LogP contribution in [0.1, 0.15) is 37.5 Å². The number of rotatable bonds is 0. The SMILES string of the molecule is CC(C)(C)OC(=O)N1CCc2ccccc2C1.Cc1ccccc1. The first-order chi connectivity index (χ1) is 11.3. The Hall–Kier alpha value is -2.29. The molecule has 0 N–H and O–H groups in total. The Bertz CT molecular complexity index is 659. The minimum atomic E-state index is -0.423. The van der Waals surface area contributed by atoms with Gasteiger partial charge in [0.1, 0.15) is 5.60 Å². The van der Waals surface area contributed by atoms with Crippen molar-refractivity contribution in [3.63, 3.8) is 0 Å². The van der Waals surface area contributed by atoms with E-state index in [1.807, 2.05) is 51.1 Å². The Labute approximate surface area is 145 Å². The van der Waals surface area contributed by atoms with Crippen molar-refractivity contribution in [3.8, 4) is 0 Å². The monoisotopic (exact) mass is 325 g/mol. The number of ether oxygens (including phenoxy) is 1. The molecule has 0 aromatic heterocycles. The number of hydrogen-bond donors (Lipinski definition) is 0. The van der Waals surface area contributed by atoms with Gasteiger partial charge in [0.2, 0.25) is 0 Å². The molecule has 1 aliphatic rings. The van der Waals surface area contributed by atoms with E-state index in [1.165, 1.54) is 16.7 Å². The third kappa shape index (κ3) is 5.73. The van der Waals surface area contributed by atoms with Gasteiger partial charge < -0.3 is 9.64 Å². The summed E-state index contributed by atoms with van der Waals surface area (Å²) in [6, 6.07) is 18.5. The van der Waals surface area contributed by atoms with Crippen molar-refractivity contribution in [2.75, 3.05) is 6.54 Å². The van der Waals surface area contributed by atoms with Crippen LogP contribution in [0.25, 0.3) is 0 Å². The zero-order valence-corrected chi connectivity index (χ0v) is 15.1. The number of fused-ring (bicyclic) bond motifs is 1. The van der Waals surface area contributed by atoms with E-state index < -0.39 is 5.60 Å². The fourth-order valence-electron chi connectivity index (χ4n) is 2.51. The van der Waals surface area contributed by atoms with Crippen LogP contribution in [0.5, 0.6) is 0 Å². The Morgan fingerprint density at radius 1 is 0.958 bits per heavy atom. The average Bonchev–Trinajstić information content (AvgIpc) is 2.54. The molecule has 3 nitrogen and oxygen atoms in total. The van der Waals surface area contributed by atoms with Crippen LogP contribution in [-0.4, -0.2) is 23.1 Å². The number of amides is 1. The molecule has 0 saturated heterocycles. The van der Waals surface area contributed by atoms with Gasteiger partial charge in [0.05, 0.1) is 0 Å². The number of carbonyl (C=O) groups is 1. The van der Waals surface area contributed by atoms with Gasteiger partial charge in [0, 0.05) is 13.1 Å². The van der Waals surface area contributed by atoms with Gasteiger partial charge in [-0.25, -0.2) is 4.79 Å². The Morgan fingerprint density at radius 2 is 1.54 bits per heavy atom. The molecule has 0 saturated carbocycles. The summed E-state index contributed by atoms with van der Waals surface area (Å²) in [6.07, 6.45) is 0.696. The third-order valence-electron chi connectivity index (χ3n) is 3.72. The number of benzene rings is 2. The van der Waals surface area contributed by atoms with Crippen LogP contribution >= 0.6 is 0 Å². The van der Waals surface area contributed by atoms with Gasteiger partial charge in [-0.3, -0.25) is 0 Å². The largest absolute Gasteiger partial charge is 0.444 e. The normalized spacial score (nSPS) is 13.4. The van der Waals surface area contributed by atoms with Crippen LogP contribution in [0, 0.1) is 6.92 Å².